The van der Waals surface area contributed by atoms with Gasteiger partial charge < -0.3 is 11.1 Å². The van der Waals surface area contributed by atoms with Gasteiger partial charge >= 0.3 is 0 Å². The average Bonchev–Trinajstić information content (AvgIpc) is 2.77. The van der Waals surface area contributed by atoms with Gasteiger partial charge in [0.15, 0.2) is 0 Å². The molecule has 0 spiro atoms. The Morgan fingerprint density at radius 3 is 3.12 bits per heavy atom. The van der Waals surface area contributed by atoms with E-state index in [0.717, 1.165) is 6.54 Å². The third kappa shape index (κ3) is 2.60. The monoisotopic (exact) mass is 219 g/mol. The molecule has 1 aliphatic rings. The van der Waals surface area contributed by atoms with Gasteiger partial charge in [0.25, 0.3) is 0 Å². The van der Waals surface area contributed by atoms with E-state index in [1.807, 2.05) is 18.5 Å². The van der Waals surface area contributed by atoms with E-state index >= 15 is 0 Å². The van der Waals surface area contributed by atoms with Gasteiger partial charge in [0, 0.05) is 24.5 Å². The van der Waals surface area contributed by atoms with Crippen molar-refractivity contribution in [2.75, 3.05) is 6.54 Å². The topological polar surface area (TPSA) is 50.9 Å². The van der Waals surface area contributed by atoms with E-state index < -0.39 is 0 Å². The summed E-state index contributed by atoms with van der Waals surface area (Å²) in [5.41, 5.74) is 7.04. The zero-order chi connectivity index (χ0) is 11.4. The van der Waals surface area contributed by atoms with Crippen LogP contribution in [-0.2, 0) is 0 Å². The zero-order valence-corrected chi connectivity index (χ0v) is 9.89. The highest BCUT2D eigenvalue weighted by Crippen LogP contribution is 2.26. The molecule has 1 heterocycles. The molecule has 1 aromatic heterocycles. The number of nitrogens with two attached hydrogens (primary N) is 1. The van der Waals surface area contributed by atoms with E-state index in [1.165, 1.54) is 24.8 Å². The van der Waals surface area contributed by atoms with E-state index in [4.69, 9.17) is 5.73 Å². The van der Waals surface area contributed by atoms with Crippen molar-refractivity contribution in [1.82, 2.24) is 10.3 Å². The minimum absolute atomic E-state index is 0.367. The number of pyridine rings is 1. The third-order valence-corrected chi connectivity index (χ3v) is 3.61. The fraction of sp³-hybridized carbons (Fsp3) is 0.615. The largest absolute Gasteiger partial charge is 0.330 e. The van der Waals surface area contributed by atoms with E-state index in [0.29, 0.717) is 18.0 Å². The zero-order valence-electron chi connectivity index (χ0n) is 9.89. The van der Waals surface area contributed by atoms with Crippen LogP contribution in [0.4, 0.5) is 0 Å². The van der Waals surface area contributed by atoms with Crippen molar-refractivity contribution in [3.05, 3.63) is 30.1 Å². The fourth-order valence-corrected chi connectivity index (χ4v) is 2.59. The molecule has 0 saturated heterocycles. The lowest BCUT2D eigenvalue weighted by Crippen LogP contribution is -2.37. The van der Waals surface area contributed by atoms with Crippen molar-refractivity contribution >= 4 is 0 Å². The van der Waals surface area contributed by atoms with Crippen LogP contribution in [0, 0.1) is 5.92 Å². The van der Waals surface area contributed by atoms with Crippen LogP contribution in [0.25, 0.3) is 0 Å². The second-order valence-corrected chi connectivity index (χ2v) is 4.71. The standard InChI is InChI=1S/C13H21N3/c1-10(12-5-3-7-15-9-12)16-13-6-2-4-11(13)8-14/h3,5,7,9-11,13,16H,2,4,6,8,14H2,1H3/t10-,11?,13?/m0/s1. The van der Waals surface area contributed by atoms with Crippen molar-refractivity contribution in [2.24, 2.45) is 11.7 Å². The summed E-state index contributed by atoms with van der Waals surface area (Å²) in [6.45, 7) is 3.00. The van der Waals surface area contributed by atoms with Crippen LogP contribution in [-0.4, -0.2) is 17.6 Å². The van der Waals surface area contributed by atoms with Gasteiger partial charge in [-0.3, -0.25) is 4.98 Å². The lowest BCUT2D eigenvalue weighted by molar-refractivity contribution is 0.373. The van der Waals surface area contributed by atoms with Gasteiger partial charge in [-0.25, -0.2) is 0 Å². The van der Waals surface area contributed by atoms with Crippen LogP contribution in [0.3, 0.4) is 0 Å². The Balaban J connectivity index is 1.94. The van der Waals surface area contributed by atoms with E-state index in [1.54, 1.807) is 0 Å². The molecule has 0 aliphatic heterocycles. The molecular formula is C13H21N3. The van der Waals surface area contributed by atoms with E-state index in [9.17, 15) is 0 Å². The minimum Gasteiger partial charge on any atom is -0.330 e. The Kier molecular flexibility index (Phi) is 3.91. The fourth-order valence-electron chi connectivity index (χ4n) is 2.59. The summed E-state index contributed by atoms with van der Waals surface area (Å²) in [5, 5.41) is 3.68. The van der Waals surface area contributed by atoms with Crippen LogP contribution >= 0.6 is 0 Å². The lowest BCUT2D eigenvalue weighted by atomic mass is 10.0. The van der Waals surface area contributed by atoms with Gasteiger partial charge in [-0.15, -0.1) is 0 Å². The van der Waals surface area contributed by atoms with Crippen LogP contribution in [0.15, 0.2) is 24.5 Å². The van der Waals surface area contributed by atoms with Crippen molar-refractivity contribution < 1.29 is 0 Å². The molecule has 0 amide bonds. The van der Waals surface area contributed by atoms with Gasteiger partial charge in [0.05, 0.1) is 0 Å². The van der Waals surface area contributed by atoms with E-state index in [-0.39, 0.29) is 0 Å². The smallest absolute Gasteiger partial charge is 0.0315 e. The first-order valence-corrected chi connectivity index (χ1v) is 6.17. The molecule has 88 valence electrons. The maximum atomic E-state index is 5.79. The summed E-state index contributed by atoms with van der Waals surface area (Å²) in [5.74, 6) is 0.652. The maximum absolute atomic E-state index is 5.79. The number of nitrogens with zero attached hydrogens (tertiary/aromatic N) is 1. The van der Waals surface area contributed by atoms with Gasteiger partial charge in [-0.2, -0.15) is 0 Å². The average molecular weight is 219 g/mol. The minimum atomic E-state index is 0.367. The van der Waals surface area contributed by atoms with Gasteiger partial charge in [0.1, 0.15) is 0 Å². The molecule has 1 aliphatic carbocycles. The van der Waals surface area contributed by atoms with Crippen LogP contribution in [0.2, 0.25) is 0 Å². The summed E-state index contributed by atoms with van der Waals surface area (Å²) in [6.07, 6.45) is 7.58. The first-order chi connectivity index (χ1) is 7.81. The molecule has 2 unspecified atom stereocenters. The molecule has 16 heavy (non-hydrogen) atoms. The predicted molar refractivity (Wildman–Crippen MR) is 66.0 cm³/mol. The Hall–Kier alpha value is -0.930. The number of aromatic nitrogens is 1. The Morgan fingerprint density at radius 2 is 2.44 bits per heavy atom. The molecule has 0 bridgehead atoms. The number of hydrogen-bond donors (Lipinski definition) is 2. The highest BCUT2D eigenvalue weighted by atomic mass is 15.0. The normalized spacial score (nSPS) is 26.9. The summed E-state index contributed by atoms with van der Waals surface area (Å²) in [4.78, 5) is 4.15. The molecular weight excluding hydrogens is 198 g/mol. The maximum Gasteiger partial charge on any atom is 0.0315 e. The summed E-state index contributed by atoms with van der Waals surface area (Å²) < 4.78 is 0. The second kappa shape index (κ2) is 5.41. The first-order valence-electron chi connectivity index (χ1n) is 6.17. The number of hydrogen-bond acceptors (Lipinski definition) is 3. The molecule has 3 heteroatoms. The molecule has 1 saturated carbocycles. The Morgan fingerprint density at radius 1 is 1.56 bits per heavy atom. The summed E-state index contributed by atoms with van der Waals surface area (Å²) >= 11 is 0. The molecule has 1 aromatic rings. The first kappa shape index (κ1) is 11.6. The van der Waals surface area contributed by atoms with Gasteiger partial charge in [-0.1, -0.05) is 12.5 Å². The molecule has 1 fully saturated rings. The molecule has 0 aromatic carbocycles. The molecule has 3 nitrogen and oxygen atoms in total. The van der Waals surface area contributed by atoms with Gasteiger partial charge in [-0.05, 0) is 43.9 Å². The Bertz CT molecular complexity index is 312. The summed E-state index contributed by atoms with van der Waals surface area (Å²) in [6, 6.07) is 5.06. The van der Waals surface area contributed by atoms with Crippen LogP contribution in [0.5, 0.6) is 0 Å². The van der Waals surface area contributed by atoms with E-state index in [2.05, 4.69) is 23.3 Å². The molecule has 0 radical (unpaired) electrons. The van der Waals surface area contributed by atoms with Crippen molar-refractivity contribution in [1.29, 1.82) is 0 Å². The number of rotatable bonds is 4. The van der Waals surface area contributed by atoms with Crippen LogP contribution in [0.1, 0.15) is 37.8 Å². The highest BCUT2D eigenvalue weighted by Gasteiger charge is 2.27. The van der Waals surface area contributed by atoms with Crippen molar-refractivity contribution in [2.45, 2.75) is 38.3 Å². The quantitative estimate of drug-likeness (QED) is 0.812. The van der Waals surface area contributed by atoms with Crippen LogP contribution < -0.4 is 11.1 Å². The third-order valence-electron chi connectivity index (χ3n) is 3.61. The second-order valence-electron chi connectivity index (χ2n) is 4.71. The molecule has 2 rings (SSSR count). The lowest BCUT2D eigenvalue weighted by Gasteiger charge is -2.24. The SMILES string of the molecule is C[C@H](NC1CCCC1CN)c1cccnc1. The Labute approximate surface area is 97.5 Å². The van der Waals surface area contributed by atoms with Crippen molar-refractivity contribution in [3.8, 4) is 0 Å². The number of nitrogens with one attached hydrogen (secondary N) is 1. The molecule has 3 N–H and O–H groups in total. The molecule has 3 atom stereocenters. The summed E-state index contributed by atoms with van der Waals surface area (Å²) in [7, 11) is 0. The predicted octanol–water partition coefficient (Wildman–Crippen LogP) is 1.86. The van der Waals surface area contributed by atoms with Gasteiger partial charge in [0.2, 0.25) is 0 Å². The van der Waals surface area contributed by atoms with Crippen molar-refractivity contribution in [3.63, 3.8) is 0 Å². The highest BCUT2D eigenvalue weighted by molar-refractivity contribution is 5.13.